The van der Waals surface area contributed by atoms with Gasteiger partial charge in [-0.3, -0.25) is 9.99 Å². The van der Waals surface area contributed by atoms with Gasteiger partial charge in [0.1, 0.15) is 0 Å². The van der Waals surface area contributed by atoms with E-state index in [0.29, 0.717) is 0 Å². The van der Waals surface area contributed by atoms with Crippen LogP contribution in [-0.2, 0) is 0 Å². The van der Waals surface area contributed by atoms with Gasteiger partial charge in [-0.1, -0.05) is 12.1 Å². The van der Waals surface area contributed by atoms with Crippen LogP contribution in [0.5, 0.6) is 0 Å². The number of nitrogens with zero attached hydrogens (tertiary/aromatic N) is 3. The van der Waals surface area contributed by atoms with Gasteiger partial charge in [0.2, 0.25) is 0 Å². The van der Waals surface area contributed by atoms with Crippen molar-refractivity contribution >= 4 is 17.5 Å². The van der Waals surface area contributed by atoms with Crippen LogP contribution in [0, 0.1) is 0 Å². The van der Waals surface area contributed by atoms with Gasteiger partial charge >= 0.3 is 0 Å². The fraction of sp³-hybridized carbons (Fsp3) is 0.385. The number of hydrazone groups is 1. The molecule has 0 fully saturated rings. The lowest BCUT2D eigenvalue weighted by Crippen LogP contribution is -2.16. The van der Waals surface area contributed by atoms with Crippen molar-refractivity contribution in [1.29, 1.82) is 0 Å². The number of rotatable bonds is 6. The van der Waals surface area contributed by atoms with Crippen molar-refractivity contribution in [3.05, 3.63) is 42.4 Å². The molecular weight excluding hydrogens is 230 g/mol. The van der Waals surface area contributed by atoms with Gasteiger partial charge in [0.05, 0.1) is 5.71 Å². The minimum absolute atomic E-state index is 0.920. The van der Waals surface area contributed by atoms with Gasteiger partial charge in [-0.2, -0.15) is 16.9 Å². The van der Waals surface area contributed by atoms with E-state index in [0.717, 1.165) is 23.6 Å². The Balaban J connectivity index is 2.75. The molecular formula is C13H19N3S. The molecule has 1 aromatic heterocycles. The molecule has 0 saturated heterocycles. The van der Waals surface area contributed by atoms with Gasteiger partial charge in [0.15, 0.2) is 0 Å². The molecule has 0 aliphatic rings. The Bertz CT molecular complexity index is 374. The van der Waals surface area contributed by atoms with Crippen LogP contribution < -0.4 is 0 Å². The van der Waals surface area contributed by atoms with Gasteiger partial charge in [-0.25, -0.2) is 0 Å². The van der Waals surface area contributed by atoms with E-state index in [9.17, 15) is 0 Å². The molecule has 0 aliphatic heterocycles. The first kappa shape index (κ1) is 13.8. The van der Waals surface area contributed by atoms with E-state index in [1.165, 1.54) is 0 Å². The van der Waals surface area contributed by atoms with Crippen molar-refractivity contribution in [2.45, 2.75) is 13.8 Å². The predicted octanol–water partition coefficient (Wildman–Crippen LogP) is 3.00. The van der Waals surface area contributed by atoms with Crippen LogP contribution in [0.3, 0.4) is 0 Å². The monoisotopic (exact) mass is 249 g/mol. The topological polar surface area (TPSA) is 28.5 Å². The highest BCUT2D eigenvalue weighted by molar-refractivity contribution is 7.98. The van der Waals surface area contributed by atoms with E-state index in [2.05, 4.69) is 16.3 Å². The number of pyridine rings is 1. The molecule has 0 spiro atoms. The molecule has 0 unspecified atom stereocenters. The Morgan fingerprint density at radius 3 is 3.00 bits per heavy atom. The molecule has 0 amide bonds. The normalized spacial score (nSPS) is 12.1. The maximum atomic E-state index is 4.58. The summed E-state index contributed by atoms with van der Waals surface area (Å²) in [5.41, 5.74) is 2.04. The zero-order chi connectivity index (χ0) is 12.5. The lowest BCUT2D eigenvalue weighted by molar-refractivity contribution is 0.425. The van der Waals surface area contributed by atoms with E-state index in [-0.39, 0.29) is 0 Å². The third-order valence-electron chi connectivity index (χ3n) is 2.20. The van der Waals surface area contributed by atoms with Crippen molar-refractivity contribution in [1.82, 2.24) is 9.99 Å². The van der Waals surface area contributed by atoms with Crippen LogP contribution in [0.25, 0.3) is 0 Å². The largest absolute Gasteiger partial charge is 0.272 e. The van der Waals surface area contributed by atoms with Crippen molar-refractivity contribution in [2.24, 2.45) is 5.10 Å². The molecule has 1 rings (SSSR count). The van der Waals surface area contributed by atoms with Crippen LogP contribution in [0.4, 0.5) is 0 Å². The molecule has 0 N–H and O–H groups in total. The molecule has 0 atom stereocenters. The standard InChI is InChI=1S/C13H19N3S/c1-4-8-16(9-10-17-3)15-12(2)13-6-5-7-14-11-13/h4-8,11H,9-10H2,1-3H3/b8-4-,15-12+. The van der Waals surface area contributed by atoms with E-state index in [1.807, 2.05) is 61.2 Å². The molecule has 0 radical (unpaired) electrons. The van der Waals surface area contributed by atoms with Gasteiger partial charge < -0.3 is 0 Å². The van der Waals surface area contributed by atoms with Crippen molar-refractivity contribution in [3.8, 4) is 0 Å². The first-order valence-corrected chi connectivity index (χ1v) is 7.01. The fourth-order valence-electron chi connectivity index (χ4n) is 1.34. The summed E-state index contributed by atoms with van der Waals surface area (Å²) >= 11 is 1.82. The minimum Gasteiger partial charge on any atom is -0.272 e. The van der Waals surface area contributed by atoms with Crippen LogP contribution in [0.15, 0.2) is 41.9 Å². The molecule has 0 saturated carbocycles. The number of thioether (sulfide) groups is 1. The molecule has 4 heteroatoms. The average Bonchev–Trinajstić information content (AvgIpc) is 2.37. The number of hydrogen-bond acceptors (Lipinski definition) is 4. The first-order valence-electron chi connectivity index (χ1n) is 5.62. The molecule has 0 bridgehead atoms. The second kappa shape index (κ2) is 7.90. The van der Waals surface area contributed by atoms with E-state index >= 15 is 0 Å². The summed E-state index contributed by atoms with van der Waals surface area (Å²) in [6.07, 6.45) is 9.71. The molecule has 1 heterocycles. The Hall–Kier alpha value is -1.29. The highest BCUT2D eigenvalue weighted by Crippen LogP contribution is 2.03. The Morgan fingerprint density at radius 2 is 2.41 bits per heavy atom. The fourth-order valence-corrected chi connectivity index (χ4v) is 1.71. The number of hydrogen-bond donors (Lipinski definition) is 0. The highest BCUT2D eigenvalue weighted by atomic mass is 32.2. The summed E-state index contributed by atoms with van der Waals surface area (Å²) in [7, 11) is 0. The lowest BCUT2D eigenvalue weighted by Gasteiger charge is -2.14. The third-order valence-corrected chi connectivity index (χ3v) is 2.79. The Morgan fingerprint density at radius 1 is 1.59 bits per heavy atom. The Kier molecular flexibility index (Phi) is 6.40. The SMILES string of the molecule is C/C=C\N(CCSC)/N=C(\C)c1cccnc1. The maximum Gasteiger partial charge on any atom is 0.0666 e. The maximum absolute atomic E-state index is 4.58. The lowest BCUT2D eigenvalue weighted by atomic mass is 10.2. The highest BCUT2D eigenvalue weighted by Gasteiger charge is 2.00. The van der Waals surface area contributed by atoms with E-state index < -0.39 is 0 Å². The summed E-state index contributed by atoms with van der Waals surface area (Å²) in [6, 6.07) is 3.95. The molecule has 0 aliphatic carbocycles. The molecule has 1 aromatic rings. The van der Waals surface area contributed by atoms with Gasteiger partial charge in [-0.15, -0.1) is 0 Å². The second-order valence-corrected chi connectivity index (χ2v) is 4.55. The van der Waals surface area contributed by atoms with Crippen LogP contribution >= 0.6 is 11.8 Å². The molecule has 92 valence electrons. The second-order valence-electron chi connectivity index (χ2n) is 3.57. The summed E-state index contributed by atoms with van der Waals surface area (Å²) in [6.45, 7) is 4.93. The minimum atomic E-state index is 0.920. The summed E-state index contributed by atoms with van der Waals surface area (Å²) in [5.74, 6) is 1.06. The molecule has 17 heavy (non-hydrogen) atoms. The van der Waals surface area contributed by atoms with Crippen molar-refractivity contribution < 1.29 is 0 Å². The van der Waals surface area contributed by atoms with E-state index in [4.69, 9.17) is 0 Å². The number of aromatic nitrogens is 1. The summed E-state index contributed by atoms with van der Waals surface area (Å²) in [5, 5.41) is 6.55. The van der Waals surface area contributed by atoms with Gasteiger partial charge in [0.25, 0.3) is 0 Å². The zero-order valence-electron chi connectivity index (χ0n) is 10.6. The van der Waals surface area contributed by atoms with E-state index in [1.54, 1.807) is 6.20 Å². The smallest absolute Gasteiger partial charge is 0.0666 e. The molecule has 3 nitrogen and oxygen atoms in total. The molecule has 0 aromatic carbocycles. The van der Waals surface area contributed by atoms with Crippen molar-refractivity contribution in [3.63, 3.8) is 0 Å². The third kappa shape index (κ3) is 5.04. The van der Waals surface area contributed by atoms with Gasteiger partial charge in [-0.05, 0) is 26.2 Å². The van der Waals surface area contributed by atoms with Crippen LogP contribution in [0.2, 0.25) is 0 Å². The average molecular weight is 249 g/mol. The quantitative estimate of drug-likeness (QED) is 0.573. The van der Waals surface area contributed by atoms with Crippen molar-refractivity contribution in [2.75, 3.05) is 18.6 Å². The summed E-state index contributed by atoms with van der Waals surface area (Å²) < 4.78 is 0. The number of allylic oxidation sites excluding steroid dienone is 1. The predicted molar refractivity (Wildman–Crippen MR) is 76.4 cm³/mol. The zero-order valence-corrected chi connectivity index (χ0v) is 11.4. The van der Waals surface area contributed by atoms with Crippen LogP contribution in [0.1, 0.15) is 19.4 Å². The summed E-state index contributed by atoms with van der Waals surface area (Å²) in [4.78, 5) is 4.10. The Labute approximate surface area is 108 Å². The van der Waals surface area contributed by atoms with Crippen LogP contribution in [-0.4, -0.2) is 34.3 Å². The van der Waals surface area contributed by atoms with Gasteiger partial charge in [0, 0.05) is 36.5 Å². The first-order chi connectivity index (χ1) is 8.27.